The molecule has 52 heavy (non-hydrogen) atoms. The van der Waals surface area contributed by atoms with Crippen LogP contribution in [0.3, 0.4) is 0 Å². The van der Waals surface area contributed by atoms with Gasteiger partial charge < -0.3 is 16.2 Å². The van der Waals surface area contributed by atoms with E-state index >= 15 is 0 Å². The molecule has 0 aromatic rings. The van der Waals surface area contributed by atoms with Crippen LogP contribution < -0.4 is 21.7 Å². The molecule has 0 radical (unpaired) electrons. The fourth-order valence-corrected chi connectivity index (χ4v) is 9.45. The minimum Gasteiger partial charge on any atom is -0.376 e. The van der Waals surface area contributed by atoms with Crippen LogP contribution in [0.15, 0.2) is 24.3 Å². The Bertz CT molecular complexity index is 773. The summed E-state index contributed by atoms with van der Waals surface area (Å²) in [6.07, 6.45) is 41.3. The molecule has 0 aromatic carbocycles. The lowest BCUT2D eigenvalue weighted by Gasteiger charge is -2.40. The molecule has 9 heteroatoms. The lowest BCUT2D eigenvalue weighted by Crippen LogP contribution is -2.48. The molecule has 0 aliphatic rings. The number of hydrazine groups is 1. The topological polar surface area (TPSA) is 88.6 Å². The Morgan fingerprint density at radius 2 is 1.19 bits per heavy atom. The van der Waals surface area contributed by atoms with E-state index in [1.54, 1.807) is 11.0 Å². The number of rotatable bonds is 42. The second-order valence-electron chi connectivity index (χ2n) is 15.4. The van der Waals surface area contributed by atoms with Gasteiger partial charge >= 0.3 is 0 Å². The number of allylic oxidation sites excluding steroid dienone is 4. The molecule has 0 aromatic heterocycles. The standard InChI is InChI=1S/C43H89N5OS3/c1-6-8-10-12-14-16-18-20-21-22-23-25-27-29-31-33-35-49-42(37-45)39-48(34-32-30-28-26-24-19-17-15-13-11-9-7-2)43(4,5)50-40-51-52-47-46-38-41(3)36-44/h14,16,20-21,41-42,46-47H,6-13,15,17-19,22-40,44-45H2,1-5H3/b16-14-,21-20-. The van der Waals surface area contributed by atoms with Crippen molar-refractivity contribution in [3.63, 3.8) is 0 Å². The van der Waals surface area contributed by atoms with Gasteiger partial charge in [-0.1, -0.05) is 165 Å². The Morgan fingerprint density at radius 3 is 1.77 bits per heavy atom. The Labute approximate surface area is 337 Å². The Kier molecular flexibility index (Phi) is 41.2. The molecule has 6 N–H and O–H groups in total. The smallest absolute Gasteiger partial charge is 0.0824 e. The first kappa shape index (κ1) is 52.3. The van der Waals surface area contributed by atoms with Crippen molar-refractivity contribution < 1.29 is 4.74 Å². The molecule has 0 aliphatic heterocycles. The fourth-order valence-electron chi connectivity index (χ4n) is 6.15. The molecular weight excluding hydrogens is 699 g/mol. The van der Waals surface area contributed by atoms with Gasteiger partial charge in [-0.3, -0.25) is 4.90 Å². The molecule has 0 saturated heterocycles. The lowest BCUT2D eigenvalue weighted by molar-refractivity contribution is 0.0175. The van der Waals surface area contributed by atoms with Gasteiger partial charge in [0.1, 0.15) is 0 Å². The van der Waals surface area contributed by atoms with Gasteiger partial charge in [0, 0.05) is 37.2 Å². The quantitative estimate of drug-likeness (QED) is 0.0121. The zero-order valence-corrected chi connectivity index (χ0v) is 37.6. The first-order chi connectivity index (χ1) is 25.4. The fraction of sp³-hybridized carbons (Fsp3) is 0.907. The Balaban J connectivity index is 4.45. The highest BCUT2D eigenvalue weighted by atomic mass is 33.1. The predicted octanol–water partition coefficient (Wildman–Crippen LogP) is 12.6. The Hall–Kier alpha value is 0.290. The van der Waals surface area contributed by atoms with Crippen LogP contribution in [0, 0.1) is 5.92 Å². The van der Waals surface area contributed by atoms with Crippen LogP contribution in [0.5, 0.6) is 0 Å². The van der Waals surface area contributed by atoms with Crippen LogP contribution in [0.2, 0.25) is 0 Å². The molecule has 0 heterocycles. The summed E-state index contributed by atoms with van der Waals surface area (Å²) >= 11 is 2.02. The van der Waals surface area contributed by atoms with Gasteiger partial charge in [-0.05, 0) is 77.8 Å². The minimum absolute atomic E-state index is 0.0176. The van der Waals surface area contributed by atoms with Crippen molar-refractivity contribution in [2.75, 3.05) is 44.4 Å². The molecular formula is C43H89N5OS3. The van der Waals surface area contributed by atoms with Crippen LogP contribution in [0.4, 0.5) is 0 Å². The highest BCUT2D eigenvalue weighted by molar-refractivity contribution is 8.77. The molecule has 2 atom stereocenters. The van der Waals surface area contributed by atoms with Gasteiger partial charge in [-0.25, -0.2) is 5.43 Å². The molecule has 0 fully saturated rings. The van der Waals surface area contributed by atoms with Gasteiger partial charge in [0.2, 0.25) is 0 Å². The Morgan fingerprint density at radius 1 is 0.673 bits per heavy atom. The average molecular weight is 788 g/mol. The maximum atomic E-state index is 6.42. The summed E-state index contributed by atoms with van der Waals surface area (Å²) in [5, 5.41) is 1.01. The van der Waals surface area contributed by atoms with E-state index in [2.05, 4.69) is 74.1 Å². The molecule has 0 bridgehead atoms. The van der Waals surface area contributed by atoms with Crippen LogP contribution >= 0.6 is 33.5 Å². The predicted molar refractivity (Wildman–Crippen MR) is 242 cm³/mol. The van der Waals surface area contributed by atoms with E-state index in [4.69, 9.17) is 16.2 Å². The SMILES string of the molecule is CCCCC/C=C\C/C=C\CCCCCCCCOC(CN)CN(CCCCCCCCCCCCCC)C(C)(C)SCSSNNCC(C)CN. The van der Waals surface area contributed by atoms with Gasteiger partial charge in [0.15, 0.2) is 0 Å². The first-order valence-electron chi connectivity index (χ1n) is 21.9. The molecule has 0 spiro atoms. The van der Waals surface area contributed by atoms with Crippen molar-refractivity contribution in [3.05, 3.63) is 24.3 Å². The van der Waals surface area contributed by atoms with E-state index in [9.17, 15) is 0 Å². The molecule has 0 saturated carbocycles. The van der Waals surface area contributed by atoms with Crippen molar-refractivity contribution in [1.29, 1.82) is 0 Å². The highest BCUT2D eigenvalue weighted by Gasteiger charge is 2.29. The third kappa shape index (κ3) is 36.0. The zero-order valence-electron chi connectivity index (χ0n) is 35.1. The van der Waals surface area contributed by atoms with Crippen LogP contribution in [0.25, 0.3) is 0 Å². The molecule has 0 rings (SSSR count). The summed E-state index contributed by atoms with van der Waals surface area (Å²) in [5.74, 6) is 0.471. The molecule has 2 unspecified atom stereocenters. The van der Waals surface area contributed by atoms with Gasteiger partial charge in [-0.15, -0.1) is 11.8 Å². The number of nitrogens with two attached hydrogens (primary N) is 2. The number of unbranched alkanes of at least 4 members (excludes halogenated alkanes) is 20. The average Bonchev–Trinajstić information content (AvgIpc) is 3.14. The largest absolute Gasteiger partial charge is 0.376 e. The maximum absolute atomic E-state index is 6.42. The molecule has 0 aliphatic carbocycles. The highest BCUT2D eigenvalue weighted by Crippen LogP contribution is 2.35. The van der Waals surface area contributed by atoms with Gasteiger partial charge in [0.25, 0.3) is 0 Å². The summed E-state index contributed by atoms with van der Waals surface area (Å²) in [6, 6.07) is 0. The number of thioether (sulfide) groups is 1. The normalized spacial score (nSPS) is 13.7. The van der Waals surface area contributed by atoms with Crippen LogP contribution in [-0.2, 0) is 4.74 Å². The summed E-state index contributed by atoms with van der Waals surface area (Å²) in [7, 11) is 3.52. The molecule has 0 amide bonds. The lowest BCUT2D eigenvalue weighted by atomic mass is 10.1. The molecule has 310 valence electrons. The third-order valence-electron chi connectivity index (χ3n) is 9.91. The van der Waals surface area contributed by atoms with Gasteiger partial charge in [-0.2, -0.15) is 4.83 Å². The minimum atomic E-state index is 0.0176. The molecule has 6 nitrogen and oxygen atoms in total. The van der Waals surface area contributed by atoms with E-state index in [1.165, 1.54) is 141 Å². The first-order valence-corrected chi connectivity index (χ1v) is 25.2. The number of hydrogen-bond donors (Lipinski definition) is 4. The number of ether oxygens (including phenoxy) is 1. The van der Waals surface area contributed by atoms with Crippen LogP contribution in [-0.4, -0.2) is 60.3 Å². The zero-order chi connectivity index (χ0) is 38.2. The van der Waals surface area contributed by atoms with Crippen molar-refractivity contribution in [3.8, 4) is 0 Å². The van der Waals surface area contributed by atoms with E-state index < -0.39 is 0 Å². The van der Waals surface area contributed by atoms with Crippen molar-refractivity contribution in [2.45, 2.75) is 200 Å². The monoisotopic (exact) mass is 788 g/mol. The third-order valence-corrected chi connectivity index (χ3v) is 13.6. The number of nitrogens with one attached hydrogen (secondary N) is 2. The number of hydrogen-bond acceptors (Lipinski definition) is 9. The van der Waals surface area contributed by atoms with E-state index in [-0.39, 0.29) is 11.0 Å². The number of nitrogens with zero attached hydrogens (tertiary/aromatic N) is 1. The maximum Gasteiger partial charge on any atom is 0.0824 e. The summed E-state index contributed by atoms with van der Waals surface area (Å²) in [6.45, 7) is 16.5. The van der Waals surface area contributed by atoms with E-state index in [0.717, 1.165) is 44.2 Å². The second-order valence-corrected chi connectivity index (χ2v) is 19.4. The van der Waals surface area contributed by atoms with E-state index in [0.29, 0.717) is 19.0 Å². The van der Waals surface area contributed by atoms with Crippen molar-refractivity contribution in [2.24, 2.45) is 17.4 Å². The summed E-state index contributed by atoms with van der Waals surface area (Å²) in [4.78, 5) is 5.93. The van der Waals surface area contributed by atoms with E-state index in [1.807, 2.05) is 22.6 Å². The van der Waals surface area contributed by atoms with Crippen molar-refractivity contribution >= 4 is 33.5 Å². The second kappa shape index (κ2) is 40.9. The summed E-state index contributed by atoms with van der Waals surface area (Å²) < 4.78 is 6.42. The van der Waals surface area contributed by atoms with Crippen LogP contribution in [0.1, 0.15) is 189 Å². The van der Waals surface area contributed by atoms with Crippen molar-refractivity contribution in [1.82, 2.24) is 15.2 Å². The summed E-state index contributed by atoms with van der Waals surface area (Å²) in [5.41, 5.74) is 15.3. The van der Waals surface area contributed by atoms with Gasteiger partial charge in [0.05, 0.1) is 16.1 Å².